The van der Waals surface area contributed by atoms with Crippen molar-refractivity contribution in [2.24, 2.45) is 0 Å². The third kappa shape index (κ3) is 2.68. The highest BCUT2D eigenvalue weighted by molar-refractivity contribution is 5.94. The molecule has 0 spiro atoms. The van der Waals surface area contributed by atoms with E-state index in [1.807, 2.05) is 0 Å². The summed E-state index contributed by atoms with van der Waals surface area (Å²) in [5, 5.41) is 2.60. The lowest BCUT2D eigenvalue weighted by Gasteiger charge is -2.09. The second kappa shape index (κ2) is 5.59. The zero-order chi connectivity index (χ0) is 17.5. The van der Waals surface area contributed by atoms with E-state index in [0.717, 1.165) is 0 Å². The summed E-state index contributed by atoms with van der Waals surface area (Å²) in [6.45, 7) is 1.41. The van der Waals surface area contributed by atoms with Crippen molar-refractivity contribution < 1.29 is 18.0 Å². The Balaban J connectivity index is 2.26. The van der Waals surface area contributed by atoms with Crippen LogP contribution in [-0.2, 0) is 6.18 Å². The topological polar surface area (TPSA) is 72.7 Å². The molecule has 3 aromatic rings. The lowest BCUT2D eigenvalue weighted by atomic mass is 10.1. The lowest BCUT2D eigenvalue weighted by molar-refractivity contribution is -0.144. The summed E-state index contributed by atoms with van der Waals surface area (Å²) >= 11 is 0. The quantitative estimate of drug-likeness (QED) is 0.745. The summed E-state index contributed by atoms with van der Waals surface area (Å²) in [7, 11) is 1.46. The average molecular weight is 335 g/mol. The smallest absolute Gasteiger partial charge is 0.371 e. The maximum Gasteiger partial charge on any atom is 0.451 e. The average Bonchev–Trinajstić information content (AvgIpc) is 2.97. The van der Waals surface area contributed by atoms with E-state index >= 15 is 0 Å². The van der Waals surface area contributed by atoms with E-state index in [1.165, 1.54) is 24.9 Å². The van der Waals surface area contributed by atoms with Gasteiger partial charge < -0.3 is 5.32 Å². The molecule has 0 bridgehead atoms. The highest BCUT2D eigenvalue weighted by Crippen LogP contribution is 2.30. The largest absolute Gasteiger partial charge is 0.451 e. The van der Waals surface area contributed by atoms with Gasteiger partial charge in [0, 0.05) is 18.3 Å². The first-order valence-corrected chi connectivity index (χ1v) is 6.92. The highest BCUT2D eigenvalue weighted by atomic mass is 19.4. The van der Waals surface area contributed by atoms with Crippen LogP contribution in [0, 0.1) is 0 Å². The summed E-state index contributed by atoms with van der Waals surface area (Å²) in [6.07, 6.45) is -3.34. The third-order valence-corrected chi connectivity index (χ3v) is 3.42. The van der Waals surface area contributed by atoms with Crippen LogP contribution >= 0.6 is 0 Å². The number of imidazole rings is 1. The van der Waals surface area contributed by atoms with E-state index in [1.54, 1.807) is 24.3 Å². The SMILES string of the molecule is CNc1nc(C(F)(F)F)nc2c1ncn2-c1cccc(C(C)=O)c1. The van der Waals surface area contributed by atoms with Gasteiger partial charge in [0.1, 0.15) is 6.33 Å². The number of nitrogens with one attached hydrogen (secondary N) is 1. The molecule has 0 unspecified atom stereocenters. The Kier molecular flexibility index (Phi) is 3.70. The first-order chi connectivity index (χ1) is 11.3. The van der Waals surface area contributed by atoms with Crippen LogP contribution in [0.15, 0.2) is 30.6 Å². The van der Waals surface area contributed by atoms with E-state index in [0.29, 0.717) is 11.3 Å². The summed E-state index contributed by atoms with van der Waals surface area (Å²) in [5.74, 6) is -1.43. The van der Waals surface area contributed by atoms with Gasteiger partial charge in [-0.3, -0.25) is 9.36 Å². The highest BCUT2D eigenvalue weighted by Gasteiger charge is 2.36. The Hall–Kier alpha value is -2.97. The first-order valence-electron chi connectivity index (χ1n) is 6.92. The molecule has 0 atom stereocenters. The van der Waals surface area contributed by atoms with E-state index < -0.39 is 12.0 Å². The van der Waals surface area contributed by atoms with E-state index in [9.17, 15) is 18.0 Å². The van der Waals surface area contributed by atoms with Crippen molar-refractivity contribution in [3.8, 4) is 5.69 Å². The molecule has 0 fully saturated rings. The number of nitrogens with zero attached hydrogens (tertiary/aromatic N) is 4. The zero-order valence-electron chi connectivity index (χ0n) is 12.7. The molecule has 0 aliphatic heterocycles. The Morgan fingerprint density at radius 2 is 2.00 bits per heavy atom. The summed E-state index contributed by atoms with van der Waals surface area (Å²) < 4.78 is 40.4. The fourth-order valence-electron chi connectivity index (χ4n) is 2.26. The number of hydrogen-bond acceptors (Lipinski definition) is 5. The summed E-state index contributed by atoms with van der Waals surface area (Å²) in [4.78, 5) is 22.7. The van der Waals surface area contributed by atoms with Crippen molar-refractivity contribution >= 4 is 22.8 Å². The maximum absolute atomic E-state index is 13.0. The molecule has 0 saturated carbocycles. The number of fused-ring (bicyclic) bond motifs is 1. The van der Waals surface area contributed by atoms with Gasteiger partial charge in [-0.05, 0) is 19.1 Å². The molecule has 124 valence electrons. The third-order valence-electron chi connectivity index (χ3n) is 3.42. The molecule has 9 heteroatoms. The first kappa shape index (κ1) is 15.9. The van der Waals surface area contributed by atoms with Crippen molar-refractivity contribution in [2.45, 2.75) is 13.1 Å². The number of alkyl halides is 3. The molecular formula is C15H12F3N5O. The number of anilines is 1. The van der Waals surface area contributed by atoms with Crippen LogP contribution in [0.1, 0.15) is 23.1 Å². The number of carbonyl (C=O) groups excluding carboxylic acids is 1. The minimum absolute atomic E-state index is 0.00220. The van der Waals surface area contributed by atoms with Crippen molar-refractivity contribution in [3.05, 3.63) is 42.0 Å². The minimum Gasteiger partial charge on any atom is -0.371 e. The second-order valence-electron chi connectivity index (χ2n) is 5.04. The monoisotopic (exact) mass is 335 g/mol. The molecule has 6 nitrogen and oxygen atoms in total. The van der Waals surface area contributed by atoms with Gasteiger partial charge in [-0.2, -0.15) is 13.2 Å². The Morgan fingerprint density at radius 3 is 2.62 bits per heavy atom. The van der Waals surface area contributed by atoms with E-state index in [2.05, 4.69) is 20.3 Å². The number of rotatable bonds is 3. The van der Waals surface area contributed by atoms with E-state index in [-0.39, 0.29) is 22.8 Å². The number of carbonyl (C=O) groups is 1. The minimum atomic E-state index is -4.68. The van der Waals surface area contributed by atoms with Gasteiger partial charge >= 0.3 is 6.18 Å². The second-order valence-corrected chi connectivity index (χ2v) is 5.04. The zero-order valence-corrected chi connectivity index (χ0v) is 12.7. The van der Waals surface area contributed by atoms with Gasteiger partial charge in [0.25, 0.3) is 0 Å². The molecule has 24 heavy (non-hydrogen) atoms. The van der Waals surface area contributed by atoms with Crippen LogP contribution in [0.25, 0.3) is 16.9 Å². The maximum atomic E-state index is 13.0. The number of halogens is 3. The van der Waals surface area contributed by atoms with Crippen LogP contribution < -0.4 is 5.32 Å². The van der Waals surface area contributed by atoms with E-state index in [4.69, 9.17) is 0 Å². The van der Waals surface area contributed by atoms with Gasteiger partial charge in [-0.1, -0.05) is 12.1 Å². The van der Waals surface area contributed by atoms with Gasteiger partial charge in [0.2, 0.25) is 5.82 Å². The molecule has 0 amide bonds. The Morgan fingerprint density at radius 1 is 1.25 bits per heavy atom. The van der Waals surface area contributed by atoms with Crippen LogP contribution in [0.2, 0.25) is 0 Å². The standard InChI is InChI=1S/C15H12F3N5O/c1-8(24)9-4-3-5-10(6-9)23-7-20-11-12(19-2)21-14(15(16,17)18)22-13(11)23/h3-7H,1-2H3,(H,19,21,22). The van der Waals surface area contributed by atoms with Gasteiger partial charge in [0.05, 0.1) is 0 Å². The fourth-order valence-corrected chi connectivity index (χ4v) is 2.26. The molecular weight excluding hydrogens is 323 g/mol. The van der Waals surface area contributed by atoms with Crippen molar-refractivity contribution in [1.29, 1.82) is 0 Å². The molecule has 2 heterocycles. The number of hydrogen-bond donors (Lipinski definition) is 1. The van der Waals surface area contributed by atoms with Crippen molar-refractivity contribution in [3.63, 3.8) is 0 Å². The summed E-state index contributed by atoms with van der Waals surface area (Å²) in [5.41, 5.74) is 1.13. The van der Waals surface area contributed by atoms with Crippen molar-refractivity contribution in [1.82, 2.24) is 19.5 Å². The lowest BCUT2D eigenvalue weighted by Crippen LogP contribution is -2.13. The molecule has 0 aliphatic rings. The van der Waals surface area contributed by atoms with Crippen LogP contribution in [0.4, 0.5) is 19.0 Å². The van der Waals surface area contributed by atoms with Crippen LogP contribution in [0.5, 0.6) is 0 Å². The number of benzene rings is 1. The Bertz CT molecular complexity index is 932. The molecule has 3 rings (SSSR count). The summed E-state index contributed by atoms with van der Waals surface area (Å²) in [6, 6.07) is 6.49. The molecule has 0 radical (unpaired) electrons. The predicted molar refractivity (Wildman–Crippen MR) is 81.2 cm³/mol. The van der Waals surface area contributed by atoms with Gasteiger partial charge in [-0.25, -0.2) is 15.0 Å². The van der Waals surface area contributed by atoms with Crippen molar-refractivity contribution in [2.75, 3.05) is 12.4 Å². The fraction of sp³-hybridized carbons (Fsp3) is 0.200. The van der Waals surface area contributed by atoms with Gasteiger partial charge in [-0.15, -0.1) is 0 Å². The molecule has 0 aliphatic carbocycles. The predicted octanol–water partition coefficient (Wildman–Crippen LogP) is 3.08. The molecule has 2 aromatic heterocycles. The number of aromatic nitrogens is 4. The normalized spacial score (nSPS) is 11.7. The van der Waals surface area contributed by atoms with Crippen LogP contribution in [-0.4, -0.2) is 32.3 Å². The Labute approximate surface area is 134 Å². The molecule has 0 saturated heterocycles. The van der Waals surface area contributed by atoms with Gasteiger partial charge in [0.15, 0.2) is 22.8 Å². The number of ketones is 1. The molecule has 1 N–H and O–H groups in total. The number of Topliss-reactive ketones (excluding diaryl/α,β-unsaturated/α-hetero) is 1. The van der Waals surface area contributed by atoms with Crippen LogP contribution in [0.3, 0.4) is 0 Å². The molecule has 1 aromatic carbocycles.